The van der Waals surface area contributed by atoms with Crippen molar-refractivity contribution >= 4 is 27.5 Å². The van der Waals surface area contributed by atoms with Gasteiger partial charge in [-0.25, -0.2) is 8.42 Å². The van der Waals surface area contributed by atoms with E-state index in [0.29, 0.717) is 24.5 Å². The minimum absolute atomic E-state index is 0.0273. The number of aryl methyl sites for hydroxylation is 1. The Bertz CT molecular complexity index is 1460. The molecule has 3 aromatic rings. The van der Waals surface area contributed by atoms with Crippen LogP contribution in [-0.4, -0.2) is 58.5 Å². The first-order chi connectivity index (χ1) is 20.0. The maximum absolute atomic E-state index is 14.2. The topological polar surface area (TPSA) is 105 Å². The van der Waals surface area contributed by atoms with Crippen molar-refractivity contribution in [3.8, 4) is 11.5 Å². The monoisotopic (exact) mass is 595 g/mol. The third-order valence-electron chi connectivity index (χ3n) is 6.77. The summed E-state index contributed by atoms with van der Waals surface area (Å²) in [6, 6.07) is 19.5. The number of ether oxygens (including phenoxy) is 2. The van der Waals surface area contributed by atoms with E-state index >= 15 is 0 Å². The number of rotatable bonds is 14. The molecule has 0 spiro atoms. The molecule has 0 heterocycles. The summed E-state index contributed by atoms with van der Waals surface area (Å²) in [5, 5.41) is 2.94. The molecule has 3 aromatic carbocycles. The summed E-state index contributed by atoms with van der Waals surface area (Å²) >= 11 is 0. The van der Waals surface area contributed by atoms with Crippen molar-refractivity contribution < 1.29 is 27.5 Å². The summed E-state index contributed by atoms with van der Waals surface area (Å²) in [6.45, 7) is 7.84. The largest absolute Gasteiger partial charge is 0.493 e. The van der Waals surface area contributed by atoms with E-state index in [1.807, 2.05) is 52.0 Å². The average Bonchev–Trinajstić information content (AvgIpc) is 2.98. The fourth-order valence-corrected chi connectivity index (χ4v) is 6.00. The molecule has 1 atom stereocenters. The Labute approximate surface area is 249 Å². The summed E-state index contributed by atoms with van der Waals surface area (Å²) in [4.78, 5) is 29.0. The van der Waals surface area contributed by atoms with E-state index in [9.17, 15) is 18.0 Å². The SMILES string of the molecule is CCC(C(=O)NCC(C)C)N(Cc1cccc(C)c1)C(=O)CN(c1ccc(OC)c(OC)c1)S(=O)(=O)c1ccccc1. The molecular formula is C32H41N3O6S. The van der Waals surface area contributed by atoms with Gasteiger partial charge < -0.3 is 19.7 Å². The van der Waals surface area contributed by atoms with Crippen LogP contribution in [0.1, 0.15) is 38.3 Å². The van der Waals surface area contributed by atoms with Crippen LogP contribution < -0.4 is 19.1 Å². The third kappa shape index (κ3) is 8.03. The smallest absolute Gasteiger partial charge is 0.264 e. The number of hydrogen-bond acceptors (Lipinski definition) is 6. The number of methoxy groups -OCH3 is 2. The lowest BCUT2D eigenvalue weighted by molar-refractivity contribution is -0.140. The summed E-state index contributed by atoms with van der Waals surface area (Å²) in [5.41, 5.74) is 2.07. The Balaban J connectivity index is 2.09. The quantitative estimate of drug-likeness (QED) is 0.288. The minimum atomic E-state index is -4.19. The highest BCUT2D eigenvalue weighted by atomic mass is 32.2. The van der Waals surface area contributed by atoms with Crippen molar-refractivity contribution in [2.75, 3.05) is 31.6 Å². The second kappa shape index (κ2) is 14.7. The van der Waals surface area contributed by atoms with Crippen molar-refractivity contribution in [2.24, 2.45) is 5.92 Å². The van der Waals surface area contributed by atoms with E-state index in [-0.39, 0.29) is 29.0 Å². The van der Waals surface area contributed by atoms with Gasteiger partial charge in [0.05, 0.1) is 24.8 Å². The van der Waals surface area contributed by atoms with Gasteiger partial charge in [0.15, 0.2) is 11.5 Å². The Morgan fingerprint density at radius 3 is 2.19 bits per heavy atom. The van der Waals surface area contributed by atoms with Gasteiger partial charge in [0.1, 0.15) is 12.6 Å². The van der Waals surface area contributed by atoms with Crippen LogP contribution in [0.5, 0.6) is 11.5 Å². The van der Waals surface area contributed by atoms with E-state index in [1.165, 1.54) is 37.3 Å². The molecule has 0 saturated carbocycles. The molecule has 1 N–H and O–H groups in total. The molecule has 0 bridgehead atoms. The van der Waals surface area contributed by atoms with E-state index in [4.69, 9.17) is 9.47 Å². The summed E-state index contributed by atoms with van der Waals surface area (Å²) < 4.78 is 39.8. The van der Waals surface area contributed by atoms with Crippen molar-refractivity contribution in [3.05, 3.63) is 83.9 Å². The molecular weight excluding hydrogens is 554 g/mol. The molecule has 0 aliphatic carbocycles. The minimum Gasteiger partial charge on any atom is -0.493 e. The number of amides is 2. The zero-order valence-electron chi connectivity index (χ0n) is 25.2. The van der Waals surface area contributed by atoms with Crippen LogP contribution in [0.4, 0.5) is 5.69 Å². The van der Waals surface area contributed by atoms with Crippen molar-refractivity contribution in [3.63, 3.8) is 0 Å². The molecule has 0 aromatic heterocycles. The number of carbonyl (C=O) groups is 2. The average molecular weight is 596 g/mol. The second-order valence-corrected chi connectivity index (χ2v) is 12.3. The van der Waals surface area contributed by atoms with Gasteiger partial charge in [0.2, 0.25) is 11.8 Å². The first kappa shape index (κ1) is 32.5. The molecule has 0 fully saturated rings. The fraction of sp³-hybridized carbons (Fsp3) is 0.375. The number of nitrogens with zero attached hydrogens (tertiary/aromatic N) is 2. The number of carbonyl (C=O) groups excluding carboxylic acids is 2. The predicted molar refractivity (Wildman–Crippen MR) is 164 cm³/mol. The lowest BCUT2D eigenvalue weighted by Crippen LogP contribution is -2.52. The van der Waals surface area contributed by atoms with Gasteiger partial charge in [0, 0.05) is 19.2 Å². The van der Waals surface area contributed by atoms with Crippen LogP contribution in [0.15, 0.2) is 77.7 Å². The molecule has 2 amide bonds. The molecule has 226 valence electrons. The summed E-state index contributed by atoms with van der Waals surface area (Å²) in [6.07, 6.45) is 0.350. The normalized spacial score (nSPS) is 12.0. The maximum atomic E-state index is 14.2. The molecule has 1 unspecified atom stereocenters. The van der Waals surface area contributed by atoms with E-state index in [0.717, 1.165) is 15.4 Å². The Morgan fingerprint density at radius 2 is 1.60 bits per heavy atom. The van der Waals surface area contributed by atoms with Gasteiger partial charge in [-0.2, -0.15) is 0 Å². The summed E-state index contributed by atoms with van der Waals surface area (Å²) in [7, 11) is -1.26. The number of nitrogens with one attached hydrogen (secondary N) is 1. The van der Waals surface area contributed by atoms with Gasteiger partial charge in [-0.05, 0) is 49.1 Å². The summed E-state index contributed by atoms with van der Waals surface area (Å²) in [5.74, 6) is 0.155. The van der Waals surface area contributed by atoms with Crippen LogP contribution in [-0.2, 0) is 26.2 Å². The van der Waals surface area contributed by atoms with Crippen LogP contribution in [0.3, 0.4) is 0 Å². The number of benzene rings is 3. The Kier molecular flexibility index (Phi) is 11.4. The van der Waals surface area contributed by atoms with E-state index < -0.39 is 28.5 Å². The number of hydrogen-bond donors (Lipinski definition) is 1. The molecule has 0 aliphatic rings. The first-order valence-corrected chi connectivity index (χ1v) is 15.4. The Hall–Kier alpha value is -4.05. The van der Waals surface area contributed by atoms with E-state index in [1.54, 1.807) is 30.3 Å². The van der Waals surface area contributed by atoms with Crippen LogP contribution >= 0.6 is 0 Å². The standard InChI is InChI=1S/C32H41N3O6S/c1-7-28(32(37)33-20-23(2)3)34(21-25-13-11-12-24(4)18-25)31(36)22-35(42(38,39)27-14-9-8-10-15-27)26-16-17-29(40-5)30(19-26)41-6/h8-19,23,28H,7,20-22H2,1-6H3,(H,33,37). The zero-order chi connectivity index (χ0) is 30.9. The lowest BCUT2D eigenvalue weighted by atomic mass is 10.1. The number of sulfonamides is 1. The van der Waals surface area contributed by atoms with Gasteiger partial charge >= 0.3 is 0 Å². The Morgan fingerprint density at radius 1 is 0.905 bits per heavy atom. The molecule has 0 saturated heterocycles. The molecule has 42 heavy (non-hydrogen) atoms. The maximum Gasteiger partial charge on any atom is 0.264 e. The fourth-order valence-electron chi connectivity index (χ4n) is 4.58. The molecule has 9 nitrogen and oxygen atoms in total. The van der Waals surface area contributed by atoms with Gasteiger partial charge in [-0.15, -0.1) is 0 Å². The van der Waals surface area contributed by atoms with Gasteiger partial charge in [-0.1, -0.05) is 68.8 Å². The third-order valence-corrected chi connectivity index (χ3v) is 8.56. The van der Waals surface area contributed by atoms with Crippen LogP contribution in [0, 0.1) is 12.8 Å². The lowest BCUT2D eigenvalue weighted by Gasteiger charge is -2.33. The van der Waals surface area contributed by atoms with Crippen molar-refractivity contribution in [1.82, 2.24) is 10.2 Å². The van der Waals surface area contributed by atoms with E-state index in [2.05, 4.69) is 5.32 Å². The number of anilines is 1. The molecule has 0 radical (unpaired) electrons. The highest BCUT2D eigenvalue weighted by Gasteiger charge is 2.34. The van der Waals surface area contributed by atoms with Crippen molar-refractivity contribution in [2.45, 2.75) is 51.6 Å². The highest BCUT2D eigenvalue weighted by molar-refractivity contribution is 7.92. The van der Waals surface area contributed by atoms with Crippen molar-refractivity contribution in [1.29, 1.82) is 0 Å². The predicted octanol–water partition coefficient (Wildman–Crippen LogP) is 4.79. The highest BCUT2D eigenvalue weighted by Crippen LogP contribution is 2.34. The van der Waals surface area contributed by atoms with Gasteiger partial charge in [0.25, 0.3) is 10.0 Å². The zero-order valence-corrected chi connectivity index (χ0v) is 26.0. The first-order valence-electron chi connectivity index (χ1n) is 13.9. The molecule has 10 heteroatoms. The van der Waals surface area contributed by atoms with Crippen LogP contribution in [0.25, 0.3) is 0 Å². The van der Waals surface area contributed by atoms with Gasteiger partial charge in [-0.3, -0.25) is 13.9 Å². The molecule has 3 rings (SSSR count). The molecule has 0 aliphatic heterocycles. The second-order valence-electron chi connectivity index (χ2n) is 10.4. The van der Waals surface area contributed by atoms with Crippen LogP contribution in [0.2, 0.25) is 0 Å².